The van der Waals surface area contributed by atoms with E-state index in [1.807, 2.05) is 0 Å². The van der Waals surface area contributed by atoms with Crippen LogP contribution in [0.4, 0.5) is 13.2 Å². The highest BCUT2D eigenvalue weighted by Gasteiger charge is 2.39. The Labute approximate surface area is 142 Å². The maximum atomic E-state index is 13.0. The van der Waals surface area contributed by atoms with Gasteiger partial charge in [-0.2, -0.15) is 13.2 Å². The van der Waals surface area contributed by atoms with Gasteiger partial charge < -0.3 is 24.5 Å². The minimum atomic E-state index is -4.72. The molecular formula is C15H13F3O6S. The SMILES string of the molecule is O=c1cc(C(F)(F)F)c2ccc(O[C@H]3SC[C@@H](O)[C@H](O)[C@H]3O)cc2o1. The molecule has 4 atom stereocenters. The van der Waals surface area contributed by atoms with E-state index in [1.165, 1.54) is 6.07 Å². The number of aliphatic hydroxyl groups is 3. The van der Waals surface area contributed by atoms with Crippen molar-refractivity contribution in [2.45, 2.75) is 29.9 Å². The average molecular weight is 378 g/mol. The third-order valence-corrected chi connectivity index (χ3v) is 4.97. The fraction of sp³-hybridized carbons (Fsp3) is 0.400. The highest BCUT2D eigenvalue weighted by Crippen LogP contribution is 2.36. The van der Waals surface area contributed by atoms with Crippen LogP contribution in [0.3, 0.4) is 0 Å². The van der Waals surface area contributed by atoms with Crippen LogP contribution in [0.15, 0.2) is 33.5 Å². The quantitative estimate of drug-likeness (QED) is 0.678. The van der Waals surface area contributed by atoms with E-state index in [0.717, 1.165) is 23.9 Å². The van der Waals surface area contributed by atoms with Gasteiger partial charge in [-0.05, 0) is 12.1 Å². The summed E-state index contributed by atoms with van der Waals surface area (Å²) < 4.78 is 49.3. The van der Waals surface area contributed by atoms with Gasteiger partial charge in [-0.25, -0.2) is 4.79 Å². The lowest BCUT2D eigenvalue weighted by atomic mass is 10.1. The molecule has 10 heteroatoms. The van der Waals surface area contributed by atoms with Crippen LogP contribution in [-0.2, 0) is 6.18 Å². The second-order valence-electron chi connectivity index (χ2n) is 5.50. The molecule has 136 valence electrons. The molecular weight excluding hydrogens is 365 g/mol. The van der Waals surface area contributed by atoms with Gasteiger partial charge in [-0.3, -0.25) is 0 Å². The number of benzene rings is 1. The Hall–Kier alpha value is -1.75. The summed E-state index contributed by atoms with van der Waals surface area (Å²) in [5, 5.41) is 28.7. The highest BCUT2D eigenvalue weighted by molar-refractivity contribution is 7.99. The summed E-state index contributed by atoms with van der Waals surface area (Å²) >= 11 is 1.04. The van der Waals surface area contributed by atoms with Crippen molar-refractivity contribution in [1.82, 2.24) is 0 Å². The molecule has 2 heterocycles. The van der Waals surface area contributed by atoms with Crippen LogP contribution in [0.2, 0.25) is 0 Å². The molecule has 0 saturated carbocycles. The number of hydrogen-bond acceptors (Lipinski definition) is 7. The topological polar surface area (TPSA) is 100 Å². The molecule has 1 aliphatic rings. The molecule has 1 aliphatic heterocycles. The minimum Gasteiger partial charge on any atom is -0.477 e. The van der Waals surface area contributed by atoms with Crippen LogP contribution in [0.5, 0.6) is 5.75 Å². The minimum absolute atomic E-state index is 0.0510. The Morgan fingerprint density at radius 3 is 2.56 bits per heavy atom. The van der Waals surface area contributed by atoms with E-state index in [-0.39, 0.29) is 22.5 Å². The van der Waals surface area contributed by atoms with Gasteiger partial charge in [0.15, 0.2) is 5.44 Å². The van der Waals surface area contributed by atoms with Gasteiger partial charge in [-0.1, -0.05) is 0 Å². The third-order valence-electron chi connectivity index (χ3n) is 3.73. The van der Waals surface area contributed by atoms with Crippen molar-refractivity contribution in [3.05, 3.63) is 40.2 Å². The third kappa shape index (κ3) is 3.61. The second-order valence-corrected chi connectivity index (χ2v) is 6.63. The van der Waals surface area contributed by atoms with Gasteiger partial charge in [0.05, 0.1) is 11.7 Å². The summed E-state index contributed by atoms with van der Waals surface area (Å²) in [5.41, 5.74) is -3.51. The Morgan fingerprint density at radius 2 is 1.88 bits per heavy atom. The lowest BCUT2D eigenvalue weighted by Crippen LogP contribution is -2.50. The first-order valence-electron chi connectivity index (χ1n) is 7.14. The van der Waals surface area contributed by atoms with E-state index in [9.17, 15) is 33.3 Å². The molecule has 0 amide bonds. The van der Waals surface area contributed by atoms with Crippen molar-refractivity contribution in [2.24, 2.45) is 0 Å². The van der Waals surface area contributed by atoms with Crippen LogP contribution < -0.4 is 10.4 Å². The fourth-order valence-corrected chi connectivity index (χ4v) is 3.59. The highest BCUT2D eigenvalue weighted by atomic mass is 32.2. The van der Waals surface area contributed by atoms with Crippen LogP contribution in [0, 0.1) is 0 Å². The summed E-state index contributed by atoms with van der Waals surface area (Å²) in [6.45, 7) is 0. The van der Waals surface area contributed by atoms with Crippen molar-refractivity contribution in [3.8, 4) is 5.75 Å². The van der Waals surface area contributed by atoms with Crippen LogP contribution in [0.1, 0.15) is 5.56 Å². The molecule has 0 aliphatic carbocycles. The Morgan fingerprint density at radius 1 is 1.16 bits per heavy atom. The van der Waals surface area contributed by atoms with Gasteiger partial charge in [0.25, 0.3) is 0 Å². The first kappa shape index (κ1) is 18.1. The molecule has 6 nitrogen and oxygen atoms in total. The standard InChI is InChI=1S/C15H13F3O6S/c16-15(17,18)8-4-11(20)24-10-3-6(1-2-7(8)10)23-14-13(22)12(21)9(19)5-25-14/h1-4,9,12-14,19,21-22H,5H2/t9-,12+,13-,14+/m1/s1. The molecule has 0 unspecified atom stereocenters. The molecule has 1 aromatic heterocycles. The number of rotatable bonds is 2. The predicted molar refractivity (Wildman–Crippen MR) is 82.4 cm³/mol. The fourth-order valence-electron chi connectivity index (χ4n) is 2.47. The molecule has 25 heavy (non-hydrogen) atoms. The number of hydrogen-bond donors (Lipinski definition) is 3. The first-order chi connectivity index (χ1) is 11.7. The zero-order chi connectivity index (χ0) is 18.4. The Bertz CT molecular complexity index is 836. The van der Waals surface area contributed by atoms with Crippen molar-refractivity contribution in [3.63, 3.8) is 0 Å². The van der Waals surface area contributed by atoms with Gasteiger partial charge in [0.2, 0.25) is 0 Å². The summed E-state index contributed by atoms with van der Waals surface area (Å²) in [4.78, 5) is 11.4. The number of halogens is 3. The number of aliphatic hydroxyl groups excluding tert-OH is 3. The van der Waals surface area contributed by atoms with E-state index in [1.54, 1.807) is 0 Å². The number of alkyl halides is 3. The number of fused-ring (bicyclic) bond motifs is 1. The zero-order valence-corrected chi connectivity index (χ0v) is 13.3. The largest absolute Gasteiger partial charge is 0.477 e. The average Bonchev–Trinajstić information content (AvgIpc) is 2.53. The maximum absolute atomic E-state index is 13.0. The molecule has 0 radical (unpaired) electrons. The van der Waals surface area contributed by atoms with Crippen molar-refractivity contribution < 1.29 is 37.6 Å². The van der Waals surface area contributed by atoms with E-state index in [0.29, 0.717) is 6.07 Å². The molecule has 0 spiro atoms. The van der Waals surface area contributed by atoms with Gasteiger partial charge in [0.1, 0.15) is 23.5 Å². The van der Waals surface area contributed by atoms with Gasteiger partial charge in [0, 0.05) is 23.3 Å². The Balaban J connectivity index is 1.93. The zero-order valence-electron chi connectivity index (χ0n) is 12.4. The molecule has 3 N–H and O–H groups in total. The molecule has 1 fully saturated rings. The van der Waals surface area contributed by atoms with Crippen LogP contribution in [-0.4, -0.2) is 44.8 Å². The molecule has 3 rings (SSSR count). The maximum Gasteiger partial charge on any atom is 0.417 e. The molecule has 1 aromatic carbocycles. The van der Waals surface area contributed by atoms with E-state index < -0.39 is 41.1 Å². The molecule has 2 aromatic rings. The van der Waals surface area contributed by atoms with Crippen molar-refractivity contribution in [2.75, 3.05) is 5.75 Å². The smallest absolute Gasteiger partial charge is 0.417 e. The molecule has 1 saturated heterocycles. The second kappa shape index (κ2) is 6.52. The van der Waals surface area contributed by atoms with Crippen molar-refractivity contribution >= 4 is 22.7 Å². The Kier molecular flexibility index (Phi) is 4.71. The lowest BCUT2D eigenvalue weighted by Gasteiger charge is -2.34. The monoisotopic (exact) mass is 378 g/mol. The number of ether oxygens (including phenoxy) is 1. The summed E-state index contributed by atoms with van der Waals surface area (Å²) in [6.07, 6.45) is -8.62. The summed E-state index contributed by atoms with van der Waals surface area (Å²) in [7, 11) is 0. The van der Waals surface area contributed by atoms with Crippen molar-refractivity contribution in [1.29, 1.82) is 0 Å². The van der Waals surface area contributed by atoms with E-state index in [2.05, 4.69) is 0 Å². The molecule has 0 bridgehead atoms. The lowest BCUT2D eigenvalue weighted by molar-refractivity contribution is -0.136. The summed E-state index contributed by atoms with van der Waals surface area (Å²) in [5.74, 6) is 0.166. The van der Waals surface area contributed by atoms with E-state index >= 15 is 0 Å². The van der Waals surface area contributed by atoms with Gasteiger partial charge in [-0.15, -0.1) is 11.8 Å². The first-order valence-corrected chi connectivity index (χ1v) is 8.19. The predicted octanol–water partition coefficient (Wildman–Crippen LogP) is 1.35. The van der Waals surface area contributed by atoms with Crippen LogP contribution >= 0.6 is 11.8 Å². The van der Waals surface area contributed by atoms with Gasteiger partial charge >= 0.3 is 11.8 Å². The normalized spacial score (nSPS) is 27.4. The van der Waals surface area contributed by atoms with Crippen LogP contribution in [0.25, 0.3) is 11.0 Å². The van der Waals surface area contributed by atoms with E-state index in [4.69, 9.17) is 9.15 Å². The number of thioether (sulfide) groups is 1. The summed E-state index contributed by atoms with van der Waals surface area (Å²) in [6, 6.07) is 3.82.